The molecule has 0 unspecified atom stereocenters. The van der Waals surface area contributed by atoms with Gasteiger partial charge in [-0.15, -0.1) is 0 Å². The average Bonchev–Trinajstić information content (AvgIpc) is 2.68. The summed E-state index contributed by atoms with van der Waals surface area (Å²) in [6.45, 7) is 2.45. The summed E-state index contributed by atoms with van der Waals surface area (Å²) in [5.41, 5.74) is 0. The molecule has 0 aromatic carbocycles. The van der Waals surface area contributed by atoms with Gasteiger partial charge in [0, 0.05) is 19.6 Å². The standard InChI is InChI=1S/C13H20N4O2/c18-13(19)5-6-14-11-9-16-12(10-15-11)17-7-3-1-2-4-8-17/h9-10H,1-8H2,(H,14,15)(H,18,19). The van der Waals surface area contributed by atoms with E-state index in [9.17, 15) is 4.79 Å². The van der Waals surface area contributed by atoms with Crippen molar-refractivity contribution >= 4 is 17.6 Å². The van der Waals surface area contributed by atoms with Gasteiger partial charge in [-0.3, -0.25) is 4.79 Å². The predicted molar refractivity (Wildman–Crippen MR) is 73.5 cm³/mol. The molecule has 1 fully saturated rings. The van der Waals surface area contributed by atoms with Crippen LogP contribution in [0.15, 0.2) is 12.4 Å². The highest BCUT2D eigenvalue weighted by Crippen LogP contribution is 2.17. The average molecular weight is 264 g/mol. The van der Waals surface area contributed by atoms with Crippen molar-refractivity contribution in [3.63, 3.8) is 0 Å². The molecule has 2 heterocycles. The van der Waals surface area contributed by atoms with E-state index in [0.29, 0.717) is 12.4 Å². The second-order valence-corrected chi connectivity index (χ2v) is 4.73. The molecule has 2 N–H and O–H groups in total. The Kier molecular flexibility index (Phi) is 4.94. The topological polar surface area (TPSA) is 78.3 Å². The van der Waals surface area contributed by atoms with E-state index in [1.54, 1.807) is 12.4 Å². The van der Waals surface area contributed by atoms with Crippen molar-refractivity contribution in [1.82, 2.24) is 9.97 Å². The lowest BCUT2D eigenvalue weighted by Gasteiger charge is -2.20. The number of aromatic nitrogens is 2. The van der Waals surface area contributed by atoms with Crippen molar-refractivity contribution < 1.29 is 9.90 Å². The smallest absolute Gasteiger partial charge is 0.305 e. The maximum absolute atomic E-state index is 10.4. The van der Waals surface area contributed by atoms with E-state index in [2.05, 4.69) is 20.2 Å². The number of nitrogens with one attached hydrogen (secondary N) is 1. The van der Waals surface area contributed by atoms with E-state index in [0.717, 1.165) is 18.9 Å². The molecule has 0 radical (unpaired) electrons. The number of aliphatic carboxylic acids is 1. The second-order valence-electron chi connectivity index (χ2n) is 4.73. The van der Waals surface area contributed by atoms with Gasteiger partial charge in [0.15, 0.2) is 0 Å². The Morgan fingerprint density at radius 2 is 1.95 bits per heavy atom. The predicted octanol–water partition coefficient (Wildman–Crippen LogP) is 1.74. The third kappa shape index (κ3) is 4.39. The highest BCUT2D eigenvalue weighted by molar-refractivity contribution is 5.67. The maximum Gasteiger partial charge on any atom is 0.305 e. The SMILES string of the molecule is O=C(O)CCNc1cnc(N2CCCCCC2)cn1. The van der Waals surface area contributed by atoms with Crippen molar-refractivity contribution in [2.24, 2.45) is 0 Å². The Balaban J connectivity index is 1.88. The number of anilines is 2. The highest BCUT2D eigenvalue weighted by Gasteiger charge is 2.11. The van der Waals surface area contributed by atoms with Gasteiger partial charge in [-0.25, -0.2) is 9.97 Å². The largest absolute Gasteiger partial charge is 0.481 e. The van der Waals surface area contributed by atoms with Gasteiger partial charge in [0.05, 0.1) is 18.8 Å². The minimum Gasteiger partial charge on any atom is -0.481 e. The van der Waals surface area contributed by atoms with Crippen LogP contribution in [0.2, 0.25) is 0 Å². The van der Waals surface area contributed by atoms with Crippen LogP contribution >= 0.6 is 0 Å². The summed E-state index contributed by atoms with van der Waals surface area (Å²) in [6.07, 6.45) is 8.50. The molecule has 6 heteroatoms. The first kappa shape index (κ1) is 13.6. The number of carboxylic acids is 1. The van der Waals surface area contributed by atoms with Crippen molar-refractivity contribution in [3.05, 3.63) is 12.4 Å². The third-order valence-corrected chi connectivity index (χ3v) is 3.21. The summed E-state index contributed by atoms with van der Waals surface area (Å²) in [7, 11) is 0. The monoisotopic (exact) mass is 264 g/mol. The van der Waals surface area contributed by atoms with Gasteiger partial charge in [0.1, 0.15) is 11.6 Å². The lowest BCUT2D eigenvalue weighted by molar-refractivity contribution is -0.136. The van der Waals surface area contributed by atoms with Crippen LogP contribution in [0.4, 0.5) is 11.6 Å². The van der Waals surface area contributed by atoms with E-state index in [1.807, 2.05) is 0 Å². The number of nitrogens with zero attached hydrogens (tertiary/aromatic N) is 3. The molecule has 0 saturated carbocycles. The van der Waals surface area contributed by atoms with Crippen LogP contribution in [0.3, 0.4) is 0 Å². The Bertz CT molecular complexity index is 400. The maximum atomic E-state index is 10.4. The fourth-order valence-electron chi connectivity index (χ4n) is 2.17. The molecule has 6 nitrogen and oxygen atoms in total. The van der Waals surface area contributed by atoms with Gasteiger partial charge in [-0.1, -0.05) is 12.8 Å². The van der Waals surface area contributed by atoms with Crippen LogP contribution in [-0.4, -0.2) is 40.7 Å². The quantitative estimate of drug-likeness (QED) is 0.843. The fourth-order valence-corrected chi connectivity index (χ4v) is 2.17. The summed E-state index contributed by atoms with van der Waals surface area (Å²) >= 11 is 0. The van der Waals surface area contributed by atoms with Gasteiger partial charge >= 0.3 is 5.97 Å². The fraction of sp³-hybridized carbons (Fsp3) is 0.615. The summed E-state index contributed by atoms with van der Waals surface area (Å²) < 4.78 is 0. The molecule has 0 amide bonds. The highest BCUT2D eigenvalue weighted by atomic mass is 16.4. The van der Waals surface area contributed by atoms with Crippen LogP contribution in [-0.2, 0) is 4.79 Å². The Morgan fingerprint density at radius 1 is 1.21 bits per heavy atom. The van der Waals surface area contributed by atoms with Gasteiger partial charge in [-0.05, 0) is 12.8 Å². The molecular formula is C13H20N4O2. The molecule has 104 valence electrons. The number of rotatable bonds is 5. The van der Waals surface area contributed by atoms with E-state index in [1.165, 1.54) is 25.7 Å². The minimum absolute atomic E-state index is 0.0789. The minimum atomic E-state index is -0.818. The van der Waals surface area contributed by atoms with Crippen molar-refractivity contribution in [1.29, 1.82) is 0 Å². The van der Waals surface area contributed by atoms with Crippen molar-refractivity contribution in [2.75, 3.05) is 29.9 Å². The van der Waals surface area contributed by atoms with E-state index >= 15 is 0 Å². The van der Waals surface area contributed by atoms with Crippen molar-refractivity contribution in [2.45, 2.75) is 32.1 Å². The molecule has 1 aromatic rings. The molecule has 2 rings (SSSR count). The van der Waals surface area contributed by atoms with Gasteiger partial charge in [0.2, 0.25) is 0 Å². The number of hydrogen-bond acceptors (Lipinski definition) is 5. The lowest BCUT2D eigenvalue weighted by atomic mass is 10.2. The molecule has 1 aliphatic heterocycles. The molecular weight excluding hydrogens is 244 g/mol. The van der Waals surface area contributed by atoms with Gasteiger partial charge in [-0.2, -0.15) is 0 Å². The second kappa shape index (κ2) is 6.92. The van der Waals surface area contributed by atoms with Crippen LogP contribution < -0.4 is 10.2 Å². The molecule has 0 aliphatic carbocycles. The Labute approximate surface area is 112 Å². The van der Waals surface area contributed by atoms with Crippen molar-refractivity contribution in [3.8, 4) is 0 Å². The van der Waals surface area contributed by atoms with Gasteiger partial charge < -0.3 is 15.3 Å². The molecule has 1 saturated heterocycles. The summed E-state index contributed by atoms with van der Waals surface area (Å²) in [6, 6.07) is 0. The Morgan fingerprint density at radius 3 is 2.53 bits per heavy atom. The van der Waals surface area contributed by atoms with Crippen LogP contribution in [0.5, 0.6) is 0 Å². The molecule has 1 aliphatic rings. The molecule has 0 spiro atoms. The first-order chi connectivity index (χ1) is 9.25. The van der Waals surface area contributed by atoms with Crippen LogP contribution in [0.1, 0.15) is 32.1 Å². The normalized spacial score (nSPS) is 15.9. The molecule has 1 aromatic heterocycles. The van der Waals surface area contributed by atoms with E-state index in [-0.39, 0.29) is 6.42 Å². The zero-order chi connectivity index (χ0) is 13.5. The molecule has 19 heavy (non-hydrogen) atoms. The zero-order valence-electron chi connectivity index (χ0n) is 11.0. The third-order valence-electron chi connectivity index (χ3n) is 3.21. The summed E-state index contributed by atoms with van der Waals surface area (Å²) in [5.74, 6) is 0.715. The Hall–Kier alpha value is -1.85. The van der Waals surface area contributed by atoms with Crippen LogP contribution in [0.25, 0.3) is 0 Å². The summed E-state index contributed by atoms with van der Waals surface area (Å²) in [5, 5.41) is 11.5. The zero-order valence-corrected chi connectivity index (χ0v) is 11.0. The van der Waals surface area contributed by atoms with Crippen LogP contribution in [0, 0.1) is 0 Å². The lowest BCUT2D eigenvalue weighted by Crippen LogP contribution is -2.25. The number of hydrogen-bond donors (Lipinski definition) is 2. The molecule has 0 atom stereocenters. The first-order valence-corrected chi connectivity index (χ1v) is 6.78. The first-order valence-electron chi connectivity index (χ1n) is 6.78. The molecule has 0 bridgehead atoms. The van der Waals surface area contributed by atoms with E-state index in [4.69, 9.17) is 5.11 Å². The summed E-state index contributed by atoms with van der Waals surface area (Å²) in [4.78, 5) is 21.3. The number of carboxylic acid groups (broad SMARTS) is 1. The number of carbonyl (C=O) groups is 1. The van der Waals surface area contributed by atoms with E-state index < -0.39 is 5.97 Å². The van der Waals surface area contributed by atoms with Gasteiger partial charge in [0.25, 0.3) is 0 Å².